The Balaban J connectivity index is 1.79. The standard InChI is InChI=1S/C19H22N4O3/c1-14-4-6-15(7-5-14)16-12-17-19(25)22(9-10-23(17)21-16)13-18(24)20-8-3-11-26-2/h4-7,9-10,12H,3,8,11,13H2,1-2H3,(H,20,24). The van der Waals surface area contributed by atoms with Crippen LogP contribution in [0, 0.1) is 6.92 Å². The van der Waals surface area contributed by atoms with Gasteiger partial charge in [-0.05, 0) is 19.4 Å². The number of fused-ring (bicyclic) bond motifs is 1. The van der Waals surface area contributed by atoms with Gasteiger partial charge in [-0.2, -0.15) is 5.10 Å². The third kappa shape index (κ3) is 4.00. The molecule has 0 fully saturated rings. The normalized spacial score (nSPS) is 11.0. The van der Waals surface area contributed by atoms with Crippen LogP contribution in [0.25, 0.3) is 16.8 Å². The number of carbonyl (C=O) groups excluding carboxylic acids is 1. The predicted octanol–water partition coefficient (Wildman–Crippen LogP) is 1.62. The Morgan fingerprint density at radius 3 is 2.73 bits per heavy atom. The molecule has 1 amide bonds. The Morgan fingerprint density at radius 2 is 2.00 bits per heavy atom. The van der Waals surface area contributed by atoms with E-state index in [0.717, 1.165) is 23.2 Å². The van der Waals surface area contributed by atoms with Crippen LogP contribution in [-0.2, 0) is 16.1 Å². The van der Waals surface area contributed by atoms with Gasteiger partial charge >= 0.3 is 0 Å². The summed E-state index contributed by atoms with van der Waals surface area (Å²) in [6.45, 7) is 3.11. The SMILES string of the molecule is COCCCNC(=O)Cn1ccn2nc(-c3ccc(C)cc3)cc2c1=O. The second kappa shape index (κ2) is 7.97. The molecular weight excluding hydrogens is 332 g/mol. The zero-order chi connectivity index (χ0) is 18.5. The molecule has 0 unspecified atom stereocenters. The van der Waals surface area contributed by atoms with Crippen LogP contribution in [0.1, 0.15) is 12.0 Å². The summed E-state index contributed by atoms with van der Waals surface area (Å²) >= 11 is 0. The number of aryl methyl sites for hydroxylation is 1. The molecule has 2 aromatic heterocycles. The van der Waals surface area contributed by atoms with Crippen molar-refractivity contribution >= 4 is 11.4 Å². The molecule has 0 atom stereocenters. The first-order valence-electron chi connectivity index (χ1n) is 8.50. The minimum atomic E-state index is -0.245. The molecule has 1 aromatic carbocycles. The number of methoxy groups -OCH3 is 1. The number of nitrogens with one attached hydrogen (secondary N) is 1. The molecule has 0 radical (unpaired) electrons. The zero-order valence-electron chi connectivity index (χ0n) is 14.9. The van der Waals surface area contributed by atoms with Crippen molar-refractivity contribution < 1.29 is 9.53 Å². The first kappa shape index (κ1) is 17.9. The summed E-state index contributed by atoms with van der Waals surface area (Å²) in [6, 6.07) is 9.71. The molecule has 136 valence electrons. The van der Waals surface area contributed by atoms with Gasteiger partial charge in [0.05, 0.1) is 5.69 Å². The van der Waals surface area contributed by atoms with Gasteiger partial charge in [0.25, 0.3) is 5.56 Å². The Morgan fingerprint density at radius 1 is 1.23 bits per heavy atom. The van der Waals surface area contributed by atoms with E-state index in [1.807, 2.05) is 31.2 Å². The highest BCUT2D eigenvalue weighted by Crippen LogP contribution is 2.18. The van der Waals surface area contributed by atoms with E-state index in [0.29, 0.717) is 18.7 Å². The van der Waals surface area contributed by atoms with Crippen molar-refractivity contribution in [1.82, 2.24) is 19.5 Å². The minimum absolute atomic E-state index is 0.0205. The van der Waals surface area contributed by atoms with Crippen molar-refractivity contribution in [3.8, 4) is 11.3 Å². The molecule has 3 rings (SSSR count). The van der Waals surface area contributed by atoms with Crippen molar-refractivity contribution in [2.24, 2.45) is 0 Å². The van der Waals surface area contributed by atoms with Crippen LogP contribution >= 0.6 is 0 Å². The summed E-state index contributed by atoms with van der Waals surface area (Å²) in [4.78, 5) is 24.6. The molecule has 3 aromatic rings. The van der Waals surface area contributed by atoms with E-state index in [-0.39, 0.29) is 18.0 Å². The average Bonchev–Trinajstić information content (AvgIpc) is 3.07. The first-order valence-corrected chi connectivity index (χ1v) is 8.50. The van der Waals surface area contributed by atoms with E-state index >= 15 is 0 Å². The maximum atomic E-state index is 12.6. The molecule has 0 aliphatic rings. The number of benzene rings is 1. The van der Waals surface area contributed by atoms with Crippen molar-refractivity contribution in [1.29, 1.82) is 0 Å². The van der Waals surface area contributed by atoms with Crippen LogP contribution in [0.3, 0.4) is 0 Å². The first-order chi connectivity index (χ1) is 12.6. The van der Waals surface area contributed by atoms with Gasteiger partial charge < -0.3 is 14.6 Å². The lowest BCUT2D eigenvalue weighted by Gasteiger charge is -2.07. The molecule has 0 saturated carbocycles. The summed E-state index contributed by atoms with van der Waals surface area (Å²) in [6.07, 6.45) is 4.00. The molecule has 7 heteroatoms. The molecule has 0 saturated heterocycles. The molecule has 1 N–H and O–H groups in total. The van der Waals surface area contributed by atoms with E-state index < -0.39 is 0 Å². The van der Waals surface area contributed by atoms with Gasteiger partial charge in [0.1, 0.15) is 12.1 Å². The van der Waals surface area contributed by atoms with Crippen molar-refractivity contribution in [2.75, 3.05) is 20.3 Å². The highest BCUT2D eigenvalue weighted by Gasteiger charge is 2.11. The largest absolute Gasteiger partial charge is 0.385 e. The second-order valence-corrected chi connectivity index (χ2v) is 6.15. The van der Waals surface area contributed by atoms with Crippen molar-refractivity contribution in [2.45, 2.75) is 19.9 Å². The van der Waals surface area contributed by atoms with E-state index in [1.165, 1.54) is 4.57 Å². The Kier molecular flexibility index (Phi) is 5.48. The number of amides is 1. The summed E-state index contributed by atoms with van der Waals surface area (Å²) in [7, 11) is 1.62. The minimum Gasteiger partial charge on any atom is -0.385 e. The third-order valence-corrected chi connectivity index (χ3v) is 4.11. The van der Waals surface area contributed by atoms with E-state index in [1.54, 1.807) is 30.1 Å². The van der Waals surface area contributed by atoms with Crippen LogP contribution in [0.15, 0.2) is 47.5 Å². The maximum absolute atomic E-state index is 12.6. The van der Waals surface area contributed by atoms with E-state index in [9.17, 15) is 9.59 Å². The molecule has 0 aliphatic carbocycles. The maximum Gasteiger partial charge on any atom is 0.277 e. The lowest BCUT2D eigenvalue weighted by atomic mass is 10.1. The summed E-state index contributed by atoms with van der Waals surface area (Å²) in [5.41, 5.74) is 3.03. The number of rotatable bonds is 7. The van der Waals surface area contributed by atoms with Gasteiger partial charge in [-0.3, -0.25) is 9.59 Å². The topological polar surface area (TPSA) is 77.6 Å². The molecule has 26 heavy (non-hydrogen) atoms. The Hall–Kier alpha value is -2.93. The number of hydrogen-bond donors (Lipinski definition) is 1. The second-order valence-electron chi connectivity index (χ2n) is 6.15. The fraction of sp³-hybridized carbons (Fsp3) is 0.316. The van der Waals surface area contributed by atoms with Crippen LogP contribution < -0.4 is 10.9 Å². The summed E-state index contributed by atoms with van der Waals surface area (Å²) < 4.78 is 7.87. The molecular formula is C19H22N4O3. The summed E-state index contributed by atoms with van der Waals surface area (Å²) in [5.74, 6) is -0.203. The van der Waals surface area contributed by atoms with E-state index in [4.69, 9.17) is 4.74 Å². The third-order valence-electron chi connectivity index (χ3n) is 4.11. The van der Waals surface area contributed by atoms with Gasteiger partial charge in [0, 0.05) is 38.2 Å². The summed E-state index contributed by atoms with van der Waals surface area (Å²) in [5, 5.41) is 7.23. The van der Waals surface area contributed by atoms with Crippen LogP contribution in [0.5, 0.6) is 0 Å². The van der Waals surface area contributed by atoms with Crippen molar-refractivity contribution in [3.63, 3.8) is 0 Å². The predicted molar refractivity (Wildman–Crippen MR) is 99.1 cm³/mol. The number of hydrogen-bond acceptors (Lipinski definition) is 4. The smallest absolute Gasteiger partial charge is 0.277 e. The number of aromatic nitrogens is 3. The highest BCUT2D eigenvalue weighted by molar-refractivity contribution is 5.75. The quantitative estimate of drug-likeness (QED) is 0.654. The van der Waals surface area contributed by atoms with Gasteiger partial charge in [-0.25, -0.2) is 4.52 Å². The van der Waals surface area contributed by atoms with Gasteiger partial charge in [-0.1, -0.05) is 29.8 Å². The van der Waals surface area contributed by atoms with Crippen LogP contribution in [0.2, 0.25) is 0 Å². The van der Waals surface area contributed by atoms with Crippen molar-refractivity contribution in [3.05, 3.63) is 58.6 Å². The fourth-order valence-electron chi connectivity index (χ4n) is 2.67. The molecule has 0 spiro atoms. The average molecular weight is 354 g/mol. The molecule has 7 nitrogen and oxygen atoms in total. The zero-order valence-corrected chi connectivity index (χ0v) is 14.9. The Labute approximate surface area is 151 Å². The van der Waals surface area contributed by atoms with Gasteiger partial charge in [0.15, 0.2) is 0 Å². The highest BCUT2D eigenvalue weighted by atomic mass is 16.5. The molecule has 0 bridgehead atoms. The molecule has 2 heterocycles. The monoisotopic (exact) mass is 354 g/mol. The van der Waals surface area contributed by atoms with Crippen LogP contribution in [-0.4, -0.2) is 40.3 Å². The Bertz CT molecular complexity index is 957. The number of carbonyl (C=O) groups is 1. The van der Waals surface area contributed by atoms with Crippen LogP contribution in [0.4, 0.5) is 0 Å². The fourth-order valence-corrected chi connectivity index (χ4v) is 2.67. The van der Waals surface area contributed by atoms with Gasteiger partial charge in [-0.15, -0.1) is 0 Å². The number of ether oxygens (including phenoxy) is 1. The number of nitrogens with zero attached hydrogens (tertiary/aromatic N) is 3. The lowest BCUT2D eigenvalue weighted by Crippen LogP contribution is -2.33. The van der Waals surface area contributed by atoms with Gasteiger partial charge in [0.2, 0.25) is 5.91 Å². The molecule has 0 aliphatic heterocycles. The van der Waals surface area contributed by atoms with E-state index in [2.05, 4.69) is 10.4 Å². The lowest BCUT2D eigenvalue weighted by molar-refractivity contribution is -0.121.